The summed E-state index contributed by atoms with van der Waals surface area (Å²) in [4.78, 5) is 19.3. The molecule has 0 aliphatic carbocycles. The minimum absolute atomic E-state index is 0.120. The lowest BCUT2D eigenvalue weighted by Crippen LogP contribution is -2.16. The third-order valence-corrected chi connectivity index (χ3v) is 4.17. The average molecular weight is 345 g/mol. The monoisotopic (exact) mass is 345 g/mol. The molecule has 7 heteroatoms. The molecule has 0 aliphatic heterocycles. The van der Waals surface area contributed by atoms with Crippen molar-refractivity contribution in [3.63, 3.8) is 0 Å². The Hall–Kier alpha value is -3.66. The van der Waals surface area contributed by atoms with E-state index in [0.29, 0.717) is 23.8 Å². The van der Waals surface area contributed by atoms with Crippen LogP contribution in [0.1, 0.15) is 18.9 Å². The number of imidazole rings is 1. The fourth-order valence-corrected chi connectivity index (χ4v) is 2.89. The number of nitrogens with one attached hydrogen (secondary N) is 1. The second-order valence-corrected chi connectivity index (χ2v) is 5.93. The van der Waals surface area contributed by atoms with Crippen molar-refractivity contribution < 1.29 is 4.52 Å². The van der Waals surface area contributed by atoms with Gasteiger partial charge in [0.2, 0.25) is 5.82 Å². The standard InChI is InChI=1S/C19H15N5O2/c1-2-9-24-16-8-7-14(10-15(16)21-19(24)25)17-22-18(26-23-17)13-5-3-12(11-20)4-6-13/h3-8,10H,2,9H2,1H3,(H,21,25). The number of nitrogens with zero attached hydrogens (tertiary/aromatic N) is 4. The largest absolute Gasteiger partial charge is 0.334 e. The molecule has 0 spiro atoms. The summed E-state index contributed by atoms with van der Waals surface area (Å²) in [6, 6.07) is 14.6. The first-order valence-corrected chi connectivity index (χ1v) is 8.27. The molecule has 128 valence electrons. The molecule has 1 N–H and O–H groups in total. The molecule has 4 aromatic rings. The molecule has 0 saturated heterocycles. The lowest BCUT2D eigenvalue weighted by molar-refractivity contribution is 0.432. The van der Waals surface area contributed by atoms with Gasteiger partial charge in [-0.3, -0.25) is 4.57 Å². The molecule has 2 heterocycles. The fourth-order valence-electron chi connectivity index (χ4n) is 2.89. The van der Waals surface area contributed by atoms with E-state index in [-0.39, 0.29) is 5.69 Å². The molecule has 0 fully saturated rings. The third-order valence-electron chi connectivity index (χ3n) is 4.17. The van der Waals surface area contributed by atoms with Gasteiger partial charge in [0.15, 0.2) is 0 Å². The van der Waals surface area contributed by atoms with Crippen LogP contribution in [0.2, 0.25) is 0 Å². The molecule has 0 radical (unpaired) electrons. The molecule has 0 unspecified atom stereocenters. The Bertz CT molecular complexity index is 1180. The van der Waals surface area contributed by atoms with Crippen LogP contribution < -0.4 is 5.69 Å². The van der Waals surface area contributed by atoms with E-state index >= 15 is 0 Å². The lowest BCUT2D eigenvalue weighted by atomic mass is 10.1. The Kier molecular flexibility index (Phi) is 3.86. The number of aromatic amines is 1. The van der Waals surface area contributed by atoms with Crippen molar-refractivity contribution in [3.05, 3.63) is 58.5 Å². The second-order valence-electron chi connectivity index (χ2n) is 5.93. The molecule has 0 bridgehead atoms. The summed E-state index contributed by atoms with van der Waals surface area (Å²) < 4.78 is 7.06. The maximum Gasteiger partial charge on any atom is 0.326 e. The van der Waals surface area contributed by atoms with Gasteiger partial charge >= 0.3 is 5.69 Å². The fraction of sp³-hybridized carbons (Fsp3) is 0.158. The summed E-state index contributed by atoms with van der Waals surface area (Å²) >= 11 is 0. The molecule has 0 saturated carbocycles. The average Bonchev–Trinajstić information content (AvgIpc) is 3.27. The van der Waals surface area contributed by atoms with Crippen LogP contribution in [-0.4, -0.2) is 19.7 Å². The number of benzene rings is 2. The summed E-state index contributed by atoms with van der Waals surface area (Å²) in [7, 11) is 0. The van der Waals surface area contributed by atoms with Gasteiger partial charge in [-0.25, -0.2) is 4.79 Å². The minimum atomic E-state index is -0.120. The van der Waals surface area contributed by atoms with E-state index in [1.807, 2.05) is 25.1 Å². The van der Waals surface area contributed by atoms with E-state index in [4.69, 9.17) is 9.78 Å². The van der Waals surface area contributed by atoms with Crippen molar-refractivity contribution in [3.8, 4) is 28.9 Å². The lowest BCUT2D eigenvalue weighted by Gasteiger charge is -2.00. The zero-order valence-corrected chi connectivity index (χ0v) is 14.1. The van der Waals surface area contributed by atoms with Crippen molar-refractivity contribution in [1.82, 2.24) is 19.7 Å². The highest BCUT2D eigenvalue weighted by Gasteiger charge is 2.13. The van der Waals surface area contributed by atoms with Crippen LogP contribution in [-0.2, 0) is 6.54 Å². The number of H-pyrrole nitrogens is 1. The third kappa shape index (κ3) is 2.67. The molecule has 7 nitrogen and oxygen atoms in total. The van der Waals surface area contributed by atoms with Crippen LogP contribution in [0.4, 0.5) is 0 Å². The predicted octanol–water partition coefficient (Wildman–Crippen LogP) is 3.33. The topological polar surface area (TPSA) is 100 Å². The van der Waals surface area contributed by atoms with Gasteiger partial charge in [-0.05, 0) is 48.9 Å². The van der Waals surface area contributed by atoms with Gasteiger partial charge in [0, 0.05) is 17.7 Å². The Morgan fingerprint density at radius 1 is 1.19 bits per heavy atom. The molecule has 2 aromatic heterocycles. The predicted molar refractivity (Wildman–Crippen MR) is 96.3 cm³/mol. The zero-order chi connectivity index (χ0) is 18.1. The quantitative estimate of drug-likeness (QED) is 0.611. The van der Waals surface area contributed by atoms with E-state index in [9.17, 15) is 4.79 Å². The molecule has 4 rings (SSSR count). The molecule has 0 amide bonds. The van der Waals surface area contributed by atoms with Gasteiger partial charge < -0.3 is 9.51 Å². The highest BCUT2D eigenvalue weighted by Crippen LogP contribution is 2.24. The Labute approximate surface area is 148 Å². The summed E-state index contributed by atoms with van der Waals surface area (Å²) in [5, 5.41) is 12.9. The Morgan fingerprint density at radius 3 is 2.69 bits per heavy atom. The summed E-state index contributed by atoms with van der Waals surface area (Å²) in [5.74, 6) is 0.817. The number of rotatable bonds is 4. The number of aromatic nitrogens is 4. The number of hydrogen-bond donors (Lipinski definition) is 1. The highest BCUT2D eigenvalue weighted by molar-refractivity contribution is 5.80. The molecule has 0 aliphatic rings. The highest BCUT2D eigenvalue weighted by atomic mass is 16.5. The molecular weight excluding hydrogens is 330 g/mol. The molecular formula is C19H15N5O2. The number of fused-ring (bicyclic) bond motifs is 1. The first-order chi connectivity index (χ1) is 12.7. The second kappa shape index (κ2) is 6.33. The normalized spacial score (nSPS) is 10.9. The molecule has 26 heavy (non-hydrogen) atoms. The maximum absolute atomic E-state index is 12.1. The van der Waals surface area contributed by atoms with Crippen molar-refractivity contribution >= 4 is 11.0 Å². The van der Waals surface area contributed by atoms with E-state index in [1.54, 1.807) is 28.8 Å². The number of nitriles is 1. The Morgan fingerprint density at radius 2 is 1.96 bits per heavy atom. The maximum atomic E-state index is 12.1. The molecule has 2 aromatic carbocycles. The van der Waals surface area contributed by atoms with Crippen LogP contribution in [0.25, 0.3) is 33.9 Å². The van der Waals surface area contributed by atoms with Gasteiger partial charge in [0.1, 0.15) is 0 Å². The van der Waals surface area contributed by atoms with E-state index in [0.717, 1.165) is 28.6 Å². The van der Waals surface area contributed by atoms with E-state index in [1.165, 1.54) is 0 Å². The van der Waals surface area contributed by atoms with Crippen LogP contribution >= 0.6 is 0 Å². The van der Waals surface area contributed by atoms with Crippen molar-refractivity contribution in [1.29, 1.82) is 5.26 Å². The summed E-state index contributed by atoms with van der Waals surface area (Å²) in [6.45, 7) is 2.70. The van der Waals surface area contributed by atoms with Gasteiger partial charge in [0.05, 0.1) is 22.7 Å². The summed E-state index contributed by atoms with van der Waals surface area (Å²) in [5.41, 5.74) is 3.55. The van der Waals surface area contributed by atoms with Crippen LogP contribution in [0, 0.1) is 11.3 Å². The van der Waals surface area contributed by atoms with Crippen molar-refractivity contribution in [2.75, 3.05) is 0 Å². The molecule has 0 atom stereocenters. The van der Waals surface area contributed by atoms with Crippen molar-refractivity contribution in [2.45, 2.75) is 19.9 Å². The van der Waals surface area contributed by atoms with Crippen LogP contribution in [0.3, 0.4) is 0 Å². The Balaban J connectivity index is 1.71. The van der Waals surface area contributed by atoms with Crippen LogP contribution in [0.5, 0.6) is 0 Å². The van der Waals surface area contributed by atoms with Gasteiger partial charge in [-0.2, -0.15) is 10.2 Å². The van der Waals surface area contributed by atoms with Crippen molar-refractivity contribution in [2.24, 2.45) is 0 Å². The van der Waals surface area contributed by atoms with Gasteiger partial charge in [-0.15, -0.1) is 0 Å². The van der Waals surface area contributed by atoms with E-state index < -0.39 is 0 Å². The van der Waals surface area contributed by atoms with E-state index in [2.05, 4.69) is 21.2 Å². The van der Waals surface area contributed by atoms with Crippen LogP contribution in [0.15, 0.2) is 51.8 Å². The minimum Gasteiger partial charge on any atom is -0.334 e. The van der Waals surface area contributed by atoms with Gasteiger partial charge in [-0.1, -0.05) is 12.1 Å². The SMILES string of the molecule is CCCn1c(=O)[nH]c2cc(-c3noc(-c4ccc(C#N)cc4)n3)ccc21. The van der Waals surface area contributed by atoms with Gasteiger partial charge in [0.25, 0.3) is 5.89 Å². The zero-order valence-electron chi connectivity index (χ0n) is 14.1. The smallest absolute Gasteiger partial charge is 0.326 e. The number of hydrogen-bond acceptors (Lipinski definition) is 5. The first kappa shape index (κ1) is 15.8. The number of aryl methyl sites for hydroxylation is 1. The first-order valence-electron chi connectivity index (χ1n) is 8.27. The summed E-state index contributed by atoms with van der Waals surface area (Å²) in [6.07, 6.45) is 0.882.